The largest absolute Gasteiger partial charge is 0.457 e. The fourth-order valence-corrected chi connectivity index (χ4v) is 6.26. The van der Waals surface area contributed by atoms with E-state index in [1.165, 1.54) is 0 Å². The summed E-state index contributed by atoms with van der Waals surface area (Å²) in [5.41, 5.74) is -1.71. The zero-order chi connectivity index (χ0) is 14.9. The van der Waals surface area contributed by atoms with Gasteiger partial charge in [0.05, 0.1) is 22.3 Å². The second-order valence-corrected chi connectivity index (χ2v) is 7.78. The molecule has 1 spiro atoms. The van der Waals surface area contributed by atoms with Crippen molar-refractivity contribution in [2.75, 3.05) is 0 Å². The Balaban J connectivity index is 1.78. The summed E-state index contributed by atoms with van der Waals surface area (Å²) in [6.07, 6.45) is 0.220. The Bertz CT molecular complexity index is 641. The van der Waals surface area contributed by atoms with Crippen LogP contribution in [0, 0.1) is 28.6 Å². The molecule has 8 atom stereocenters. The number of hydrogen-bond acceptors (Lipinski definition) is 5. The van der Waals surface area contributed by atoms with Crippen molar-refractivity contribution in [1.82, 2.24) is 0 Å². The summed E-state index contributed by atoms with van der Waals surface area (Å²) in [5.74, 6) is -1.30. The van der Waals surface area contributed by atoms with Crippen LogP contribution in [-0.4, -0.2) is 34.9 Å². The predicted octanol–water partition coefficient (Wildman–Crippen LogP) is 0.807. The molecule has 2 heterocycles. The number of ether oxygens (including phenoxy) is 2. The molecule has 2 saturated heterocycles. The van der Waals surface area contributed by atoms with Crippen molar-refractivity contribution in [3.05, 3.63) is 12.2 Å². The van der Waals surface area contributed by atoms with Crippen LogP contribution in [0.3, 0.4) is 0 Å². The van der Waals surface area contributed by atoms with E-state index in [0.717, 1.165) is 12.0 Å². The molecule has 3 saturated carbocycles. The summed E-state index contributed by atoms with van der Waals surface area (Å²) >= 11 is 0. The maximum Gasteiger partial charge on any atom is 0.313 e. The lowest BCUT2D eigenvalue weighted by atomic mass is 9.51. The van der Waals surface area contributed by atoms with E-state index in [9.17, 15) is 14.7 Å². The van der Waals surface area contributed by atoms with Gasteiger partial charge in [0.25, 0.3) is 0 Å². The van der Waals surface area contributed by atoms with Gasteiger partial charge >= 0.3 is 11.9 Å². The van der Waals surface area contributed by atoms with Gasteiger partial charge in [-0.05, 0) is 25.7 Å². The Morgan fingerprint density at radius 3 is 2.71 bits per heavy atom. The Labute approximate surface area is 122 Å². The number of fused-ring (bicyclic) bond motifs is 4. The second-order valence-electron chi connectivity index (χ2n) is 7.78. The van der Waals surface area contributed by atoms with Crippen LogP contribution in [0.1, 0.15) is 26.7 Å². The van der Waals surface area contributed by atoms with Crippen molar-refractivity contribution >= 4 is 11.9 Å². The highest BCUT2D eigenvalue weighted by atomic mass is 16.6. The minimum absolute atomic E-state index is 0.142. The van der Waals surface area contributed by atoms with Crippen molar-refractivity contribution in [2.45, 2.75) is 44.5 Å². The molecule has 0 amide bonds. The van der Waals surface area contributed by atoms with Gasteiger partial charge in [0.15, 0.2) is 0 Å². The smallest absolute Gasteiger partial charge is 0.313 e. The third-order valence-corrected chi connectivity index (χ3v) is 7.26. The van der Waals surface area contributed by atoms with Gasteiger partial charge in [0.2, 0.25) is 0 Å². The van der Waals surface area contributed by atoms with Crippen LogP contribution in [0.2, 0.25) is 0 Å². The number of carbonyl (C=O) groups is 2. The van der Waals surface area contributed by atoms with Gasteiger partial charge < -0.3 is 14.6 Å². The van der Waals surface area contributed by atoms with Crippen LogP contribution >= 0.6 is 0 Å². The Hall–Kier alpha value is -1.36. The molecule has 5 fully saturated rings. The van der Waals surface area contributed by atoms with E-state index in [2.05, 4.69) is 6.58 Å². The molecule has 0 radical (unpaired) electrons. The van der Waals surface area contributed by atoms with E-state index in [1.807, 2.05) is 13.8 Å². The lowest BCUT2D eigenvalue weighted by Gasteiger charge is -2.52. The summed E-state index contributed by atoms with van der Waals surface area (Å²) in [4.78, 5) is 24.8. The van der Waals surface area contributed by atoms with Crippen molar-refractivity contribution in [1.29, 1.82) is 0 Å². The SMILES string of the molecule is C=C(C)C1C2OC(=O)C1C1(O)C[C@H]3C[C@]34C(=O)OC2C14C. The third-order valence-electron chi connectivity index (χ3n) is 7.26. The standard InChI is InChI=1S/C16H18O5/c1-6(2)8-9-12(17)20-10(8)11-14(3)15(13(18)21-11)4-7(15)5-16(9,14)19/h7-11,19H,1,4-5H2,2-3H3/t7-,8?,9?,10?,11?,14?,15-,16?/m1/s1. The molecule has 1 N–H and O–H groups in total. The first kappa shape index (κ1) is 12.2. The van der Waals surface area contributed by atoms with E-state index in [4.69, 9.17) is 9.47 Å². The molecule has 0 aromatic rings. The van der Waals surface area contributed by atoms with Crippen LogP contribution in [0.5, 0.6) is 0 Å². The Morgan fingerprint density at radius 2 is 2.05 bits per heavy atom. The monoisotopic (exact) mass is 290 g/mol. The Morgan fingerprint density at radius 1 is 1.33 bits per heavy atom. The fourth-order valence-electron chi connectivity index (χ4n) is 6.26. The highest BCUT2D eigenvalue weighted by molar-refractivity contribution is 5.89. The molecular weight excluding hydrogens is 272 g/mol. The molecule has 2 aliphatic heterocycles. The average Bonchev–Trinajstić information content (AvgIpc) is 2.86. The van der Waals surface area contributed by atoms with E-state index in [0.29, 0.717) is 6.42 Å². The molecule has 0 aromatic carbocycles. The lowest BCUT2D eigenvalue weighted by molar-refractivity contribution is -0.186. The number of aliphatic hydroxyl groups is 1. The molecule has 5 heteroatoms. The van der Waals surface area contributed by atoms with Gasteiger partial charge in [-0.25, -0.2) is 0 Å². The van der Waals surface area contributed by atoms with Crippen molar-refractivity contribution in [3.8, 4) is 0 Å². The van der Waals surface area contributed by atoms with Crippen LogP contribution < -0.4 is 0 Å². The molecular formula is C16H18O5. The number of hydrogen-bond donors (Lipinski definition) is 1. The average molecular weight is 290 g/mol. The third kappa shape index (κ3) is 0.879. The van der Waals surface area contributed by atoms with Gasteiger partial charge in [-0.2, -0.15) is 0 Å². The topological polar surface area (TPSA) is 72.8 Å². The fraction of sp³-hybridized carbons (Fsp3) is 0.750. The summed E-state index contributed by atoms with van der Waals surface area (Å²) < 4.78 is 11.2. The molecule has 5 rings (SSSR count). The van der Waals surface area contributed by atoms with Crippen LogP contribution in [-0.2, 0) is 19.1 Å². The van der Waals surface area contributed by atoms with Gasteiger partial charge in [-0.3, -0.25) is 9.59 Å². The van der Waals surface area contributed by atoms with E-state index in [1.54, 1.807) is 0 Å². The van der Waals surface area contributed by atoms with Gasteiger partial charge in [0.1, 0.15) is 12.2 Å². The highest BCUT2D eigenvalue weighted by Gasteiger charge is 2.93. The van der Waals surface area contributed by atoms with Crippen LogP contribution in [0.15, 0.2) is 12.2 Å². The summed E-state index contributed by atoms with van der Waals surface area (Å²) in [6, 6.07) is 0. The van der Waals surface area contributed by atoms with Crippen LogP contribution in [0.4, 0.5) is 0 Å². The van der Waals surface area contributed by atoms with Gasteiger partial charge in [0, 0.05) is 5.92 Å². The maximum atomic E-state index is 12.4. The van der Waals surface area contributed by atoms with Gasteiger partial charge in [-0.1, -0.05) is 19.1 Å². The molecule has 21 heavy (non-hydrogen) atoms. The van der Waals surface area contributed by atoms with Crippen molar-refractivity contribution < 1.29 is 24.2 Å². The first-order valence-corrected chi connectivity index (χ1v) is 7.58. The second kappa shape index (κ2) is 2.91. The zero-order valence-electron chi connectivity index (χ0n) is 12.1. The maximum absolute atomic E-state index is 12.4. The Kier molecular flexibility index (Phi) is 1.69. The number of rotatable bonds is 1. The van der Waals surface area contributed by atoms with Crippen molar-refractivity contribution in [3.63, 3.8) is 0 Å². The summed E-state index contributed by atoms with van der Waals surface area (Å²) in [6.45, 7) is 7.74. The molecule has 0 aromatic heterocycles. The normalized spacial score (nSPS) is 62.0. The molecule has 2 bridgehead atoms. The number of carbonyl (C=O) groups excluding carboxylic acids is 2. The molecule has 3 aliphatic carbocycles. The first-order valence-electron chi connectivity index (χ1n) is 7.58. The summed E-state index contributed by atoms with van der Waals surface area (Å²) in [7, 11) is 0. The molecule has 5 nitrogen and oxygen atoms in total. The minimum atomic E-state index is -1.22. The van der Waals surface area contributed by atoms with E-state index in [-0.39, 0.29) is 23.8 Å². The molecule has 112 valence electrons. The number of esters is 2. The van der Waals surface area contributed by atoms with E-state index < -0.39 is 34.6 Å². The minimum Gasteiger partial charge on any atom is -0.457 e. The predicted molar refractivity (Wildman–Crippen MR) is 69.8 cm³/mol. The molecule has 6 unspecified atom stereocenters. The highest BCUT2D eigenvalue weighted by Crippen LogP contribution is 2.84. The van der Waals surface area contributed by atoms with Crippen LogP contribution in [0.25, 0.3) is 0 Å². The lowest BCUT2D eigenvalue weighted by Crippen LogP contribution is -2.65. The van der Waals surface area contributed by atoms with E-state index >= 15 is 0 Å². The van der Waals surface area contributed by atoms with Crippen molar-refractivity contribution in [2.24, 2.45) is 28.6 Å². The first-order chi connectivity index (χ1) is 9.79. The summed E-state index contributed by atoms with van der Waals surface area (Å²) in [5, 5.41) is 11.5. The zero-order valence-corrected chi connectivity index (χ0v) is 12.1. The van der Waals surface area contributed by atoms with Gasteiger partial charge in [-0.15, -0.1) is 0 Å². The molecule has 5 aliphatic rings. The quantitative estimate of drug-likeness (QED) is 0.571.